The number of fused-ring (bicyclic) bond motifs is 2. The third-order valence-electron chi connectivity index (χ3n) is 6.28. The topological polar surface area (TPSA) is 90.1 Å². The number of hydrogen-bond donors (Lipinski definition) is 1. The normalized spacial score (nSPS) is 15.4. The lowest BCUT2D eigenvalue weighted by molar-refractivity contribution is -0.139. The summed E-state index contributed by atoms with van der Waals surface area (Å²) < 4.78 is 14.4. The summed E-state index contributed by atoms with van der Waals surface area (Å²) in [5.74, 6) is 0.166. The number of phenols is 1. The second-order valence-corrected chi connectivity index (χ2v) is 11.6. The number of rotatable bonds is 5. The first-order chi connectivity index (χ1) is 18.2. The number of aromatic nitrogens is 1. The zero-order chi connectivity index (χ0) is 27.1. The SMILES string of the molecule is CCOC(=O)C1=C(C)N=c2s/c(=C/c3cc(Br)c(O)c(I)c3)c(=O)n2[C@@H]1c1c(OC)ccc2ccccc12. The molecule has 0 unspecified atom stereocenters. The Hall–Kier alpha value is -2.96. The fourth-order valence-corrected chi connectivity index (χ4v) is 7.17. The van der Waals surface area contributed by atoms with Gasteiger partial charge in [0.2, 0.25) is 0 Å². The Kier molecular flexibility index (Phi) is 7.47. The van der Waals surface area contributed by atoms with Gasteiger partial charge in [0, 0.05) is 5.56 Å². The number of esters is 1. The molecule has 0 saturated heterocycles. The van der Waals surface area contributed by atoms with Crippen molar-refractivity contribution in [3.63, 3.8) is 0 Å². The van der Waals surface area contributed by atoms with Crippen LogP contribution in [0.15, 0.2) is 74.1 Å². The predicted octanol–water partition coefficient (Wildman–Crippen LogP) is 5.03. The summed E-state index contributed by atoms with van der Waals surface area (Å²) in [5.41, 5.74) is 1.92. The molecule has 1 aliphatic rings. The summed E-state index contributed by atoms with van der Waals surface area (Å²) in [6, 6.07) is 14.3. The molecule has 0 saturated carbocycles. The van der Waals surface area contributed by atoms with Crippen LogP contribution >= 0.6 is 49.9 Å². The highest BCUT2D eigenvalue weighted by Crippen LogP contribution is 2.40. The van der Waals surface area contributed by atoms with Crippen LogP contribution in [0, 0.1) is 3.57 Å². The highest BCUT2D eigenvalue weighted by atomic mass is 127. The van der Waals surface area contributed by atoms with Crippen LogP contribution in [-0.2, 0) is 9.53 Å². The number of hydrogen-bond acceptors (Lipinski definition) is 7. The van der Waals surface area contributed by atoms with E-state index >= 15 is 0 Å². The average Bonchev–Trinajstić information content (AvgIpc) is 3.19. The van der Waals surface area contributed by atoms with E-state index in [0.29, 0.717) is 40.0 Å². The lowest BCUT2D eigenvalue weighted by Crippen LogP contribution is -2.40. The molecule has 0 fully saturated rings. The van der Waals surface area contributed by atoms with Gasteiger partial charge in [-0.05, 0) is 93.0 Å². The van der Waals surface area contributed by atoms with Crippen molar-refractivity contribution in [2.45, 2.75) is 19.9 Å². The Morgan fingerprint density at radius 3 is 2.74 bits per heavy atom. The van der Waals surface area contributed by atoms with Gasteiger partial charge in [0.15, 0.2) is 4.80 Å². The number of carbonyl (C=O) groups excluding carboxylic acids is 1. The molecule has 10 heteroatoms. The van der Waals surface area contributed by atoms with E-state index in [0.717, 1.165) is 16.3 Å². The van der Waals surface area contributed by atoms with Crippen molar-refractivity contribution in [1.82, 2.24) is 4.57 Å². The first-order valence-electron chi connectivity index (χ1n) is 11.7. The van der Waals surface area contributed by atoms with Crippen LogP contribution in [0.25, 0.3) is 16.8 Å². The quantitative estimate of drug-likeness (QED) is 0.233. The molecule has 7 nitrogen and oxygen atoms in total. The minimum Gasteiger partial charge on any atom is -0.506 e. The zero-order valence-electron chi connectivity index (χ0n) is 20.6. The van der Waals surface area contributed by atoms with Gasteiger partial charge in [0.1, 0.15) is 17.5 Å². The molecule has 3 aromatic carbocycles. The van der Waals surface area contributed by atoms with Crippen LogP contribution in [0.3, 0.4) is 0 Å². The number of halogens is 2. The smallest absolute Gasteiger partial charge is 0.338 e. The highest BCUT2D eigenvalue weighted by Gasteiger charge is 2.36. The Morgan fingerprint density at radius 2 is 2.03 bits per heavy atom. The maximum absolute atomic E-state index is 14.0. The van der Waals surface area contributed by atoms with Crippen LogP contribution < -0.4 is 19.6 Å². The molecule has 4 aromatic rings. The second-order valence-electron chi connectivity index (χ2n) is 8.54. The van der Waals surface area contributed by atoms with Gasteiger partial charge in [-0.1, -0.05) is 41.7 Å². The van der Waals surface area contributed by atoms with E-state index in [1.165, 1.54) is 11.3 Å². The molecule has 1 atom stereocenters. The number of nitrogens with zero attached hydrogens (tertiary/aromatic N) is 2. The summed E-state index contributed by atoms with van der Waals surface area (Å²) in [6.07, 6.45) is 1.76. The van der Waals surface area contributed by atoms with Crippen LogP contribution in [0.2, 0.25) is 0 Å². The van der Waals surface area contributed by atoms with Gasteiger partial charge in [0.05, 0.1) is 37.6 Å². The number of allylic oxidation sites excluding steroid dienone is 1. The second kappa shape index (κ2) is 10.7. The monoisotopic (exact) mass is 704 g/mol. The van der Waals surface area contributed by atoms with Crippen LogP contribution in [-0.4, -0.2) is 29.4 Å². The Labute approximate surface area is 244 Å². The highest BCUT2D eigenvalue weighted by molar-refractivity contribution is 14.1. The van der Waals surface area contributed by atoms with E-state index in [-0.39, 0.29) is 17.9 Å². The maximum atomic E-state index is 14.0. The first kappa shape index (κ1) is 26.6. The standard InChI is InChI=1S/C28H22BrIN2O5S/c1-4-37-27(35)22-14(2)31-28-32(24(22)23-17-8-6-5-7-16(17)9-10-20(23)36-3)26(34)21(38-28)13-15-11-18(29)25(33)19(30)12-15/h5-13,24,33H,4H2,1-3H3/b21-13+/t24-/m0/s1. The minimum atomic E-state index is -0.805. The molecule has 0 bridgehead atoms. The number of carbonyl (C=O) groups is 1. The van der Waals surface area contributed by atoms with Crippen molar-refractivity contribution in [2.75, 3.05) is 13.7 Å². The molecule has 2 heterocycles. The summed E-state index contributed by atoms with van der Waals surface area (Å²) in [7, 11) is 1.57. The van der Waals surface area contributed by atoms with Crippen molar-refractivity contribution < 1.29 is 19.4 Å². The number of aromatic hydroxyl groups is 1. The van der Waals surface area contributed by atoms with Crippen molar-refractivity contribution in [2.24, 2.45) is 4.99 Å². The minimum absolute atomic E-state index is 0.141. The zero-order valence-corrected chi connectivity index (χ0v) is 25.2. The van der Waals surface area contributed by atoms with Gasteiger partial charge in [0.25, 0.3) is 5.56 Å². The Balaban J connectivity index is 1.84. The van der Waals surface area contributed by atoms with E-state index in [4.69, 9.17) is 9.47 Å². The molecule has 1 N–H and O–H groups in total. The molecule has 1 aliphatic heterocycles. The fraction of sp³-hybridized carbons (Fsp3) is 0.179. The van der Waals surface area contributed by atoms with Crippen molar-refractivity contribution in [3.05, 3.63) is 98.7 Å². The summed E-state index contributed by atoms with van der Waals surface area (Å²) in [4.78, 5) is 32.5. The Morgan fingerprint density at radius 1 is 1.26 bits per heavy atom. The third kappa shape index (κ3) is 4.58. The fourth-order valence-electron chi connectivity index (χ4n) is 4.62. The van der Waals surface area contributed by atoms with Crippen molar-refractivity contribution in [3.8, 4) is 11.5 Å². The summed E-state index contributed by atoms with van der Waals surface area (Å²) in [6.45, 7) is 3.69. The van der Waals surface area contributed by atoms with E-state index < -0.39 is 12.0 Å². The molecule has 38 heavy (non-hydrogen) atoms. The van der Waals surface area contributed by atoms with Crippen LogP contribution in [0.4, 0.5) is 0 Å². The number of thiazole rings is 1. The molecule has 0 spiro atoms. The van der Waals surface area contributed by atoms with Gasteiger partial charge in [-0.3, -0.25) is 9.36 Å². The van der Waals surface area contributed by atoms with Crippen LogP contribution in [0.1, 0.15) is 31.0 Å². The number of phenolic OH excluding ortho intramolecular Hbond substituents is 1. The molecule has 0 amide bonds. The molecule has 0 radical (unpaired) electrons. The van der Waals surface area contributed by atoms with E-state index in [1.807, 2.05) is 59.0 Å². The molecular weight excluding hydrogens is 683 g/mol. The average molecular weight is 705 g/mol. The van der Waals surface area contributed by atoms with Crippen molar-refractivity contribution in [1.29, 1.82) is 0 Å². The maximum Gasteiger partial charge on any atom is 0.338 e. The van der Waals surface area contributed by atoms with Gasteiger partial charge >= 0.3 is 5.97 Å². The van der Waals surface area contributed by atoms with Gasteiger partial charge in [-0.25, -0.2) is 9.79 Å². The first-order valence-corrected chi connectivity index (χ1v) is 14.4. The van der Waals surface area contributed by atoms with Gasteiger partial charge < -0.3 is 14.6 Å². The third-order valence-corrected chi connectivity index (χ3v) is 8.69. The molecule has 5 rings (SSSR count). The van der Waals surface area contributed by atoms with Crippen molar-refractivity contribution >= 4 is 72.7 Å². The van der Waals surface area contributed by atoms with E-state index in [9.17, 15) is 14.7 Å². The predicted molar refractivity (Wildman–Crippen MR) is 159 cm³/mol. The lowest BCUT2D eigenvalue weighted by Gasteiger charge is -2.27. The lowest BCUT2D eigenvalue weighted by atomic mass is 9.90. The largest absolute Gasteiger partial charge is 0.506 e. The summed E-state index contributed by atoms with van der Waals surface area (Å²) in [5, 5.41) is 11.9. The van der Waals surface area contributed by atoms with E-state index in [1.54, 1.807) is 43.7 Å². The van der Waals surface area contributed by atoms with E-state index in [2.05, 4.69) is 20.9 Å². The number of benzene rings is 3. The van der Waals surface area contributed by atoms with Crippen LogP contribution in [0.5, 0.6) is 11.5 Å². The molecule has 194 valence electrons. The van der Waals surface area contributed by atoms with Gasteiger partial charge in [-0.2, -0.15) is 0 Å². The Bertz CT molecular complexity index is 1800. The number of methoxy groups -OCH3 is 1. The molecule has 1 aromatic heterocycles. The molecule has 0 aliphatic carbocycles. The molecular formula is C28H22BrIN2O5S. The van der Waals surface area contributed by atoms with Gasteiger partial charge in [-0.15, -0.1) is 0 Å². The number of ether oxygens (including phenoxy) is 2. The summed E-state index contributed by atoms with van der Waals surface area (Å²) >= 11 is 6.65.